The van der Waals surface area contributed by atoms with Crippen LogP contribution in [0.1, 0.15) is 17.3 Å². The third-order valence-corrected chi connectivity index (χ3v) is 1.46. The summed E-state index contributed by atoms with van der Waals surface area (Å²) >= 11 is 0. The maximum absolute atomic E-state index is 11.2. The zero-order chi connectivity index (χ0) is 9.68. The second-order valence-corrected chi connectivity index (χ2v) is 2.28. The monoisotopic (exact) mass is 181 g/mol. The molecule has 0 aliphatic heterocycles. The van der Waals surface area contributed by atoms with Crippen molar-refractivity contribution in [1.29, 1.82) is 0 Å². The first kappa shape index (κ1) is 9.47. The third kappa shape index (κ3) is 2.16. The minimum absolute atomic E-state index is 0.383. The van der Waals surface area contributed by atoms with Gasteiger partial charge in [-0.25, -0.2) is 5.84 Å². The van der Waals surface area contributed by atoms with Crippen LogP contribution < -0.4 is 16.0 Å². The van der Waals surface area contributed by atoms with Crippen LogP contribution in [-0.4, -0.2) is 17.5 Å². The van der Waals surface area contributed by atoms with E-state index in [1.807, 2.05) is 12.3 Å². The molecule has 0 saturated carbocycles. The molecule has 13 heavy (non-hydrogen) atoms. The van der Waals surface area contributed by atoms with Crippen LogP contribution in [0.3, 0.4) is 0 Å². The molecule has 1 heterocycles. The number of nitrogens with zero attached hydrogens (tertiary/aromatic N) is 1. The van der Waals surface area contributed by atoms with Gasteiger partial charge >= 0.3 is 0 Å². The number of aromatic nitrogens is 1. The Morgan fingerprint density at radius 1 is 1.77 bits per heavy atom. The molecule has 70 valence electrons. The number of ether oxygens (including phenoxy) is 1. The minimum atomic E-state index is -0.383. The Morgan fingerprint density at radius 3 is 3.15 bits per heavy atom. The molecular weight excluding hydrogens is 170 g/mol. The molecule has 1 aromatic heterocycles. The molecule has 0 radical (unpaired) electrons. The Labute approximate surface area is 75.9 Å². The fraction of sp³-hybridized carbons (Fsp3) is 0.250. The highest BCUT2D eigenvalue weighted by Crippen LogP contribution is 2.15. The van der Waals surface area contributed by atoms with E-state index in [4.69, 9.17) is 10.6 Å². The van der Waals surface area contributed by atoms with Crippen LogP contribution in [0.25, 0.3) is 0 Å². The molecule has 0 aromatic carbocycles. The lowest BCUT2D eigenvalue weighted by Gasteiger charge is -2.06. The summed E-state index contributed by atoms with van der Waals surface area (Å²) in [7, 11) is 0. The molecule has 0 fully saturated rings. The van der Waals surface area contributed by atoms with Gasteiger partial charge in [0.25, 0.3) is 5.91 Å². The Bertz CT molecular complexity index is 301. The number of amides is 1. The second kappa shape index (κ2) is 4.42. The molecule has 3 N–H and O–H groups in total. The number of hydrazine groups is 1. The number of hydrogen-bond donors (Lipinski definition) is 2. The number of pyridine rings is 1. The fourth-order valence-corrected chi connectivity index (χ4v) is 0.916. The zero-order valence-corrected chi connectivity index (χ0v) is 7.28. The van der Waals surface area contributed by atoms with Gasteiger partial charge in [0.1, 0.15) is 5.75 Å². The largest absolute Gasteiger partial charge is 0.491 e. The first-order valence-corrected chi connectivity index (χ1v) is 3.87. The SMILES string of the molecule is CCOc1cnccc1C(=O)NN. The van der Waals surface area contributed by atoms with Crippen molar-refractivity contribution in [3.63, 3.8) is 0 Å². The third-order valence-electron chi connectivity index (χ3n) is 1.46. The van der Waals surface area contributed by atoms with E-state index in [1.165, 1.54) is 12.4 Å². The lowest BCUT2D eigenvalue weighted by molar-refractivity contribution is 0.0949. The van der Waals surface area contributed by atoms with Gasteiger partial charge in [0, 0.05) is 6.20 Å². The van der Waals surface area contributed by atoms with Gasteiger partial charge in [-0.15, -0.1) is 0 Å². The average Bonchev–Trinajstić information content (AvgIpc) is 2.18. The highest BCUT2D eigenvalue weighted by atomic mass is 16.5. The van der Waals surface area contributed by atoms with Gasteiger partial charge in [-0.3, -0.25) is 15.2 Å². The molecule has 0 spiro atoms. The summed E-state index contributed by atoms with van der Waals surface area (Å²) in [5.41, 5.74) is 2.42. The van der Waals surface area contributed by atoms with E-state index in [0.717, 1.165) is 0 Å². The smallest absolute Gasteiger partial charge is 0.269 e. The van der Waals surface area contributed by atoms with Gasteiger partial charge in [0.2, 0.25) is 0 Å². The second-order valence-electron chi connectivity index (χ2n) is 2.28. The van der Waals surface area contributed by atoms with Crippen LogP contribution >= 0.6 is 0 Å². The summed E-state index contributed by atoms with van der Waals surface area (Å²) < 4.78 is 5.18. The van der Waals surface area contributed by atoms with Crippen molar-refractivity contribution in [2.45, 2.75) is 6.92 Å². The first-order chi connectivity index (χ1) is 6.29. The van der Waals surface area contributed by atoms with E-state index >= 15 is 0 Å². The normalized spacial score (nSPS) is 9.38. The predicted octanol–water partition coefficient (Wildman–Crippen LogP) is 0.0838. The van der Waals surface area contributed by atoms with E-state index in [2.05, 4.69) is 4.98 Å². The molecule has 0 bridgehead atoms. The van der Waals surface area contributed by atoms with E-state index in [9.17, 15) is 4.79 Å². The maximum atomic E-state index is 11.2. The van der Waals surface area contributed by atoms with Gasteiger partial charge in [-0.1, -0.05) is 0 Å². The van der Waals surface area contributed by atoms with E-state index in [1.54, 1.807) is 6.07 Å². The van der Waals surface area contributed by atoms with E-state index < -0.39 is 0 Å². The van der Waals surface area contributed by atoms with Crippen molar-refractivity contribution < 1.29 is 9.53 Å². The van der Waals surface area contributed by atoms with Crippen molar-refractivity contribution in [3.05, 3.63) is 24.0 Å². The lowest BCUT2D eigenvalue weighted by Crippen LogP contribution is -2.30. The van der Waals surface area contributed by atoms with Gasteiger partial charge in [-0.05, 0) is 13.0 Å². The number of nitrogens with one attached hydrogen (secondary N) is 1. The van der Waals surface area contributed by atoms with Gasteiger partial charge in [0.15, 0.2) is 0 Å². The highest BCUT2D eigenvalue weighted by Gasteiger charge is 2.09. The Morgan fingerprint density at radius 2 is 2.54 bits per heavy atom. The van der Waals surface area contributed by atoms with Crippen LogP contribution in [0.5, 0.6) is 5.75 Å². The molecule has 0 aliphatic rings. The number of carbonyl (C=O) groups is 1. The molecule has 0 saturated heterocycles. The average molecular weight is 181 g/mol. The molecule has 1 aromatic rings. The molecule has 1 amide bonds. The zero-order valence-electron chi connectivity index (χ0n) is 7.28. The fourth-order valence-electron chi connectivity index (χ4n) is 0.916. The first-order valence-electron chi connectivity index (χ1n) is 3.87. The van der Waals surface area contributed by atoms with Crippen LogP contribution in [-0.2, 0) is 0 Å². The summed E-state index contributed by atoms with van der Waals surface area (Å²) in [6, 6.07) is 1.55. The molecule has 0 unspecified atom stereocenters. The predicted molar refractivity (Wildman–Crippen MR) is 47.1 cm³/mol. The van der Waals surface area contributed by atoms with Crippen molar-refractivity contribution in [2.75, 3.05) is 6.61 Å². The number of carbonyl (C=O) groups excluding carboxylic acids is 1. The summed E-state index contributed by atoms with van der Waals surface area (Å²) in [5, 5.41) is 0. The molecule has 0 aliphatic carbocycles. The number of rotatable bonds is 3. The summed E-state index contributed by atoms with van der Waals surface area (Å²) in [6.07, 6.45) is 2.99. The standard InChI is InChI=1S/C8H11N3O2/c1-2-13-7-5-10-4-3-6(7)8(12)11-9/h3-5H,2,9H2,1H3,(H,11,12). The number of nitrogens with two attached hydrogens (primary N) is 1. The van der Waals surface area contributed by atoms with Crippen molar-refractivity contribution in [1.82, 2.24) is 10.4 Å². The number of hydrogen-bond acceptors (Lipinski definition) is 4. The lowest BCUT2D eigenvalue weighted by atomic mass is 10.2. The van der Waals surface area contributed by atoms with Crippen molar-refractivity contribution in [2.24, 2.45) is 5.84 Å². The Hall–Kier alpha value is -1.62. The summed E-state index contributed by atoms with van der Waals surface area (Å²) in [6.45, 7) is 2.31. The Kier molecular flexibility index (Phi) is 3.22. The molecule has 0 atom stereocenters. The van der Waals surface area contributed by atoms with Crippen LogP contribution in [0.4, 0.5) is 0 Å². The summed E-state index contributed by atoms with van der Waals surface area (Å²) in [4.78, 5) is 15.0. The quantitative estimate of drug-likeness (QED) is 0.393. The maximum Gasteiger partial charge on any atom is 0.269 e. The molecule has 5 nitrogen and oxygen atoms in total. The van der Waals surface area contributed by atoms with Crippen molar-refractivity contribution >= 4 is 5.91 Å². The van der Waals surface area contributed by atoms with Crippen LogP contribution in [0, 0.1) is 0 Å². The summed E-state index contributed by atoms with van der Waals surface area (Å²) in [5.74, 6) is 5.05. The molecular formula is C8H11N3O2. The van der Waals surface area contributed by atoms with Crippen molar-refractivity contribution in [3.8, 4) is 5.75 Å². The number of nitrogen functional groups attached to an aromatic ring is 1. The highest BCUT2D eigenvalue weighted by molar-refractivity contribution is 5.96. The van der Waals surface area contributed by atoms with E-state index in [0.29, 0.717) is 17.9 Å². The Balaban J connectivity index is 2.97. The minimum Gasteiger partial charge on any atom is -0.491 e. The van der Waals surface area contributed by atoms with Gasteiger partial charge in [0.05, 0.1) is 18.4 Å². The molecule has 5 heteroatoms. The topological polar surface area (TPSA) is 77.2 Å². The van der Waals surface area contributed by atoms with Gasteiger partial charge in [-0.2, -0.15) is 0 Å². The van der Waals surface area contributed by atoms with Crippen LogP contribution in [0.15, 0.2) is 18.5 Å². The van der Waals surface area contributed by atoms with Crippen LogP contribution in [0.2, 0.25) is 0 Å². The van der Waals surface area contributed by atoms with Gasteiger partial charge < -0.3 is 4.74 Å². The van der Waals surface area contributed by atoms with E-state index in [-0.39, 0.29) is 5.91 Å². The molecule has 1 rings (SSSR count).